The first kappa shape index (κ1) is 23.1. The lowest BCUT2D eigenvalue weighted by molar-refractivity contribution is 0.103. The van der Waals surface area contributed by atoms with Gasteiger partial charge in [-0.05, 0) is 53.9 Å². The Morgan fingerprint density at radius 2 is 1.70 bits per heavy atom. The zero-order chi connectivity index (χ0) is 25.5. The number of amides is 1. The van der Waals surface area contributed by atoms with Crippen molar-refractivity contribution >= 4 is 59.8 Å². The predicted molar refractivity (Wildman–Crippen MR) is 154 cm³/mol. The van der Waals surface area contributed by atoms with E-state index in [1.165, 1.54) is 22.7 Å². The number of hydrogen-bond donors (Lipinski definition) is 2. The van der Waals surface area contributed by atoms with Crippen LogP contribution < -0.4 is 15.8 Å². The van der Waals surface area contributed by atoms with E-state index < -0.39 is 0 Å². The molecule has 182 valence electrons. The van der Waals surface area contributed by atoms with Crippen LogP contribution in [0.5, 0.6) is 5.75 Å². The minimum Gasteiger partial charge on any atom is -0.497 e. The van der Waals surface area contributed by atoms with Crippen molar-refractivity contribution in [3.05, 3.63) is 89.3 Å². The molecule has 3 heterocycles. The van der Waals surface area contributed by atoms with E-state index in [0.717, 1.165) is 49.3 Å². The summed E-state index contributed by atoms with van der Waals surface area (Å²) in [5.41, 5.74) is 12.7. The molecule has 0 bridgehead atoms. The summed E-state index contributed by atoms with van der Waals surface area (Å²) in [7, 11) is 1.64. The Hall–Kier alpha value is -4.27. The average Bonchev–Trinajstić information content (AvgIpc) is 3.48. The molecule has 0 aliphatic heterocycles. The van der Waals surface area contributed by atoms with Crippen LogP contribution in [0.25, 0.3) is 42.8 Å². The number of benzene rings is 3. The number of anilines is 2. The number of aromatic nitrogens is 2. The molecule has 6 rings (SSSR count). The van der Waals surface area contributed by atoms with Crippen molar-refractivity contribution in [2.24, 2.45) is 0 Å². The summed E-state index contributed by atoms with van der Waals surface area (Å²) in [4.78, 5) is 24.0. The summed E-state index contributed by atoms with van der Waals surface area (Å²) >= 11 is 2.73. The molecule has 0 aliphatic rings. The molecular formula is C29H22N4O2S2. The molecule has 3 aromatic heterocycles. The maximum Gasteiger partial charge on any atom is 0.269 e. The van der Waals surface area contributed by atoms with Gasteiger partial charge in [0.15, 0.2) is 5.13 Å². The van der Waals surface area contributed by atoms with Crippen molar-refractivity contribution in [2.45, 2.75) is 6.92 Å². The first-order valence-electron chi connectivity index (χ1n) is 11.6. The van der Waals surface area contributed by atoms with E-state index in [1.54, 1.807) is 7.11 Å². The van der Waals surface area contributed by atoms with Crippen LogP contribution in [0.15, 0.2) is 78.9 Å². The van der Waals surface area contributed by atoms with Gasteiger partial charge in [0.25, 0.3) is 5.91 Å². The number of thiazole rings is 1. The molecule has 1 amide bonds. The van der Waals surface area contributed by atoms with Gasteiger partial charge in [0.1, 0.15) is 15.5 Å². The quantitative estimate of drug-likeness (QED) is 0.246. The summed E-state index contributed by atoms with van der Waals surface area (Å²) < 4.78 is 6.36. The minimum atomic E-state index is -0.293. The van der Waals surface area contributed by atoms with Crippen molar-refractivity contribution < 1.29 is 9.53 Å². The number of methoxy groups -OCH3 is 1. The molecule has 0 atom stereocenters. The molecule has 0 saturated carbocycles. The Labute approximate surface area is 221 Å². The van der Waals surface area contributed by atoms with Gasteiger partial charge in [-0.2, -0.15) is 0 Å². The lowest BCUT2D eigenvalue weighted by Gasteiger charge is -2.09. The highest BCUT2D eigenvalue weighted by molar-refractivity contribution is 7.23. The second-order valence-electron chi connectivity index (χ2n) is 8.62. The van der Waals surface area contributed by atoms with Crippen LogP contribution >= 0.6 is 22.7 Å². The monoisotopic (exact) mass is 522 g/mol. The SMILES string of the molecule is COc1ccc(-c2cc(-c3ccccc3)nc3sc(C(=O)Nc4nc5ccc(C)cc5s4)c(N)c23)cc1. The molecule has 3 N–H and O–H groups in total. The van der Waals surface area contributed by atoms with E-state index in [0.29, 0.717) is 20.5 Å². The normalized spacial score (nSPS) is 11.2. The summed E-state index contributed by atoms with van der Waals surface area (Å²) in [6, 6.07) is 25.8. The van der Waals surface area contributed by atoms with E-state index >= 15 is 0 Å². The average molecular weight is 523 g/mol. The number of carbonyl (C=O) groups excluding carboxylic acids is 1. The van der Waals surface area contributed by atoms with Crippen molar-refractivity contribution in [1.29, 1.82) is 0 Å². The second kappa shape index (κ2) is 9.31. The number of nitrogens with zero attached hydrogens (tertiary/aromatic N) is 2. The maximum absolute atomic E-state index is 13.4. The van der Waals surface area contributed by atoms with Crippen LogP contribution in [0.4, 0.5) is 10.8 Å². The second-order valence-corrected chi connectivity index (χ2v) is 10.6. The van der Waals surface area contributed by atoms with Gasteiger partial charge in [-0.3, -0.25) is 10.1 Å². The molecule has 0 radical (unpaired) electrons. The summed E-state index contributed by atoms with van der Waals surface area (Å²) in [6.07, 6.45) is 0. The zero-order valence-electron chi connectivity index (χ0n) is 20.1. The molecule has 0 aliphatic carbocycles. The van der Waals surface area contributed by atoms with Gasteiger partial charge in [0.05, 0.1) is 28.7 Å². The lowest BCUT2D eigenvalue weighted by atomic mass is 9.99. The number of rotatable bonds is 5. The van der Waals surface area contributed by atoms with E-state index in [-0.39, 0.29) is 5.91 Å². The topological polar surface area (TPSA) is 90.1 Å². The Morgan fingerprint density at radius 1 is 0.919 bits per heavy atom. The fraction of sp³-hybridized carbons (Fsp3) is 0.0690. The molecule has 0 unspecified atom stereocenters. The zero-order valence-corrected chi connectivity index (χ0v) is 21.7. The third-order valence-electron chi connectivity index (χ3n) is 6.14. The minimum absolute atomic E-state index is 0.293. The highest BCUT2D eigenvalue weighted by Gasteiger charge is 2.22. The highest BCUT2D eigenvalue weighted by Crippen LogP contribution is 2.42. The Balaban J connectivity index is 1.46. The van der Waals surface area contributed by atoms with E-state index in [9.17, 15) is 4.79 Å². The van der Waals surface area contributed by atoms with Gasteiger partial charge in [0, 0.05) is 10.9 Å². The molecule has 0 fully saturated rings. The maximum atomic E-state index is 13.4. The van der Waals surface area contributed by atoms with Crippen LogP contribution in [0.2, 0.25) is 0 Å². The van der Waals surface area contributed by atoms with Crippen LogP contribution in [0.3, 0.4) is 0 Å². The van der Waals surface area contributed by atoms with Crippen molar-refractivity contribution in [2.75, 3.05) is 18.2 Å². The number of fused-ring (bicyclic) bond motifs is 2. The number of carbonyl (C=O) groups is 1. The number of pyridine rings is 1. The van der Waals surface area contributed by atoms with Crippen molar-refractivity contribution in [1.82, 2.24) is 9.97 Å². The van der Waals surface area contributed by atoms with Crippen LogP contribution in [0, 0.1) is 6.92 Å². The Bertz CT molecular complexity index is 1770. The standard InChI is InChI=1S/C29H22N4O2S2/c1-16-8-13-21-23(14-16)36-29(32-21)33-27(34)26-25(30)24-20(17-9-11-19(35-2)12-10-17)15-22(31-28(24)37-26)18-6-4-3-5-7-18/h3-15H,30H2,1-2H3,(H,32,33,34). The number of nitrogen functional groups attached to an aromatic ring is 1. The summed E-state index contributed by atoms with van der Waals surface area (Å²) in [6.45, 7) is 2.03. The van der Waals surface area contributed by atoms with Gasteiger partial charge >= 0.3 is 0 Å². The lowest BCUT2D eigenvalue weighted by Crippen LogP contribution is -2.11. The molecule has 8 heteroatoms. The summed E-state index contributed by atoms with van der Waals surface area (Å²) in [5, 5.41) is 4.25. The third kappa shape index (κ3) is 4.30. The molecule has 3 aromatic carbocycles. The molecule has 6 nitrogen and oxygen atoms in total. The van der Waals surface area contributed by atoms with E-state index in [4.69, 9.17) is 15.5 Å². The van der Waals surface area contributed by atoms with Crippen molar-refractivity contribution in [3.63, 3.8) is 0 Å². The van der Waals surface area contributed by atoms with Gasteiger partial charge in [-0.1, -0.05) is 59.9 Å². The van der Waals surface area contributed by atoms with Crippen LogP contribution in [0.1, 0.15) is 15.2 Å². The van der Waals surface area contributed by atoms with Gasteiger partial charge in [-0.25, -0.2) is 9.97 Å². The number of ether oxygens (including phenoxy) is 1. The molecule has 0 saturated heterocycles. The van der Waals surface area contributed by atoms with Crippen LogP contribution in [-0.2, 0) is 0 Å². The van der Waals surface area contributed by atoms with Crippen LogP contribution in [-0.4, -0.2) is 23.0 Å². The fourth-order valence-corrected chi connectivity index (χ4v) is 6.26. The third-order valence-corrected chi connectivity index (χ3v) is 8.17. The Morgan fingerprint density at radius 3 is 2.46 bits per heavy atom. The number of hydrogen-bond acceptors (Lipinski definition) is 7. The molecule has 0 spiro atoms. The van der Waals surface area contributed by atoms with Gasteiger partial charge in [-0.15, -0.1) is 11.3 Å². The molecule has 6 aromatic rings. The largest absolute Gasteiger partial charge is 0.497 e. The first-order valence-corrected chi connectivity index (χ1v) is 13.2. The Kier molecular flexibility index (Phi) is 5.82. The number of aryl methyl sites for hydroxylation is 1. The van der Waals surface area contributed by atoms with E-state index in [2.05, 4.69) is 16.4 Å². The van der Waals surface area contributed by atoms with Gasteiger partial charge < -0.3 is 10.5 Å². The number of nitrogens with two attached hydrogens (primary N) is 1. The predicted octanol–water partition coefficient (Wildman–Crippen LogP) is 7.39. The highest BCUT2D eigenvalue weighted by atomic mass is 32.1. The number of thiophene rings is 1. The van der Waals surface area contributed by atoms with Crippen molar-refractivity contribution in [3.8, 4) is 28.1 Å². The van der Waals surface area contributed by atoms with E-state index in [1.807, 2.05) is 79.7 Å². The van der Waals surface area contributed by atoms with Gasteiger partial charge in [0.2, 0.25) is 0 Å². The molecular weight excluding hydrogens is 500 g/mol. The summed E-state index contributed by atoms with van der Waals surface area (Å²) in [5.74, 6) is 0.472. The molecule has 37 heavy (non-hydrogen) atoms. The smallest absolute Gasteiger partial charge is 0.269 e. The number of nitrogens with one attached hydrogen (secondary N) is 1. The fourth-order valence-electron chi connectivity index (χ4n) is 4.28. The first-order chi connectivity index (χ1) is 18.0.